The molecule has 0 saturated carbocycles. The first-order chi connectivity index (χ1) is 13.3. The normalized spacial score (nSPS) is 11.0. The minimum atomic E-state index is -0.158. The van der Waals surface area contributed by atoms with Crippen LogP contribution in [0.25, 0.3) is 10.8 Å². The Hall–Kier alpha value is -1.87. The predicted molar refractivity (Wildman–Crippen MR) is 113 cm³/mol. The molecule has 0 aliphatic heterocycles. The Morgan fingerprint density at radius 2 is 1.44 bits per heavy atom. The van der Waals surface area contributed by atoms with Crippen LogP contribution in [0.2, 0.25) is 0 Å². The average molecular weight is 370 g/mol. The van der Waals surface area contributed by atoms with Crippen LogP contribution >= 0.6 is 0 Å². The lowest BCUT2D eigenvalue weighted by Crippen LogP contribution is -2.19. The van der Waals surface area contributed by atoms with E-state index in [2.05, 4.69) is 36.7 Å². The molecule has 0 saturated heterocycles. The van der Waals surface area contributed by atoms with Crippen LogP contribution < -0.4 is 5.48 Å². The summed E-state index contributed by atoms with van der Waals surface area (Å²) in [6.45, 7) is 2.79. The van der Waals surface area contributed by atoms with Crippen molar-refractivity contribution in [2.24, 2.45) is 0 Å². The molecule has 0 fully saturated rings. The molecule has 2 rings (SSSR count). The summed E-state index contributed by atoms with van der Waals surface area (Å²) in [6.07, 6.45) is 13.2. The molecule has 0 spiro atoms. The van der Waals surface area contributed by atoms with Crippen LogP contribution in [0.15, 0.2) is 42.5 Å². The van der Waals surface area contributed by atoms with Crippen LogP contribution in [0.1, 0.15) is 83.1 Å². The van der Waals surface area contributed by atoms with E-state index in [1.54, 1.807) is 0 Å². The fourth-order valence-corrected chi connectivity index (χ4v) is 3.45. The molecule has 3 heteroatoms. The van der Waals surface area contributed by atoms with E-state index in [0.717, 1.165) is 18.4 Å². The fraction of sp³-hybridized carbons (Fsp3) is 0.542. The highest BCUT2D eigenvalue weighted by molar-refractivity contribution is 5.85. The Labute approximate surface area is 164 Å². The molecule has 1 radical (unpaired) electrons. The quantitative estimate of drug-likeness (QED) is 0.229. The molecule has 147 valence electrons. The maximum Gasteiger partial charge on any atom is 0.597 e. The molecule has 2 aromatic rings. The third-order valence-corrected chi connectivity index (χ3v) is 5.06. The Morgan fingerprint density at radius 1 is 0.815 bits per heavy atom. The predicted octanol–water partition coefficient (Wildman–Crippen LogP) is 6.70. The topological polar surface area (TPSA) is 41.2 Å². The van der Waals surface area contributed by atoms with Gasteiger partial charge in [-0.1, -0.05) is 107 Å². The van der Waals surface area contributed by atoms with Crippen molar-refractivity contribution in [1.29, 1.82) is 0 Å². The van der Waals surface area contributed by atoms with Crippen molar-refractivity contribution in [1.82, 2.24) is 5.48 Å². The van der Waals surface area contributed by atoms with Crippen LogP contribution in [0, 0.1) is 0 Å². The second-order valence-corrected chi connectivity index (χ2v) is 7.37. The van der Waals surface area contributed by atoms with Gasteiger partial charge in [0.05, 0.1) is 11.3 Å². The van der Waals surface area contributed by atoms with Gasteiger partial charge in [0.2, 0.25) is 0 Å². The largest absolute Gasteiger partial charge is 0.597 e. The minimum absolute atomic E-state index is 0.158. The minimum Gasteiger partial charge on any atom is -0.199 e. The molecule has 2 aromatic carbocycles. The zero-order valence-electron chi connectivity index (χ0n) is 16.8. The van der Waals surface area contributed by atoms with Crippen LogP contribution in [0.3, 0.4) is 0 Å². The number of fused-ring (bicyclic) bond motifs is 1. The highest BCUT2D eigenvalue weighted by Crippen LogP contribution is 2.18. The Balaban J connectivity index is 1.50. The Morgan fingerprint density at radius 3 is 2.19 bits per heavy atom. The number of hydrogen-bond acceptors (Lipinski definition) is 3. The third kappa shape index (κ3) is 8.57. The second kappa shape index (κ2) is 13.3. The van der Waals surface area contributed by atoms with E-state index in [0.29, 0.717) is 13.0 Å². The summed E-state index contributed by atoms with van der Waals surface area (Å²) < 4.78 is 0. The number of carbonyl (C=O) groups is 1. The number of hydroxylamine groups is 1. The van der Waals surface area contributed by atoms with Gasteiger partial charge in [0.1, 0.15) is 6.42 Å². The number of carbonyl (C=O) groups excluding carboxylic acids is 1. The van der Waals surface area contributed by atoms with Crippen LogP contribution in [-0.4, -0.2) is 5.97 Å². The summed E-state index contributed by atoms with van der Waals surface area (Å²) in [5, 5.41) is 2.40. The molecule has 0 bridgehead atoms. The second-order valence-electron chi connectivity index (χ2n) is 7.37. The maximum absolute atomic E-state index is 11.8. The Bertz CT molecular complexity index is 663. The number of benzene rings is 2. The summed E-state index contributed by atoms with van der Waals surface area (Å²) in [5.41, 5.74) is 3.97. The van der Waals surface area contributed by atoms with Gasteiger partial charge in [-0.3, -0.25) is 0 Å². The van der Waals surface area contributed by atoms with E-state index in [1.807, 2.05) is 18.2 Å². The molecular formula is C24H35NO2+. The first-order valence-corrected chi connectivity index (χ1v) is 10.7. The average Bonchev–Trinajstić information content (AvgIpc) is 2.69. The maximum atomic E-state index is 11.8. The van der Waals surface area contributed by atoms with Crippen molar-refractivity contribution in [3.8, 4) is 0 Å². The van der Waals surface area contributed by atoms with E-state index >= 15 is 0 Å². The fourth-order valence-electron chi connectivity index (χ4n) is 3.45. The summed E-state index contributed by atoms with van der Waals surface area (Å²) >= 11 is 0. The Kier molecular flexibility index (Phi) is 10.6. The molecule has 0 heterocycles. The van der Waals surface area contributed by atoms with Crippen LogP contribution in [-0.2, 0) is 16.2 Å². The van der Waals surface area contributed by atoms with E-state index in [9.17, 15) is 4.79 Å². The smallest absolute Gasteiger partial charge is 0.199 e. The number of unbranched alkanes of at least 4 members (excludes halogenated alkanes) is 9. The van der Waals surface area contributed by atoms with Crippen molar-refractivity contribution >= 4 is 16.7 Å². The van der Waals surface area contributed by atoms with Crippen LogP contribution in [0.4, 0.5) is 0 Å². The van der Waals surface area contributed by atoms with Gasteiger partial charge in [0.15, 0.2) is 0 Å². The van der Waals surface area contributed by atoms with Gasteiger partial charge in [-0.2, -0.15) is 4.84 Å². The number of hydrogen-bond donors (Lipinski definition) is 1. The van der Waals surface area contributed by atoms with Gasteiger partial charge in [0, 0.05) is 0 Å². The summed E-state index contributed by atoms with van der Waals surface area (Å²) in [7, 11) is 0. The van der Waals surface area contributed by atoms with Gasteiger partial charge in [0.25, 0.3) is 0 Å². The standard InChI is InChI=1S/C24H35NO2/c1-2-3-4-5-6-7-8-9-10-11-19-24(26)27-25-20-22-17-14-16-21-15-12-13-18-23(21)22/h12-18,25H,2-11,19-20H2,1H3/q+1. The molecule has 0 aliphatic rings. The lowest BCUT2D eigenvalue weighted by Gasteiger charge is -2.04. The molecule has 1 N–H and O–H groups in total. The van der Waals surface area contributed by atoms with Crippen molar-refractivity contribution in [3.05, 3.63) is 48.0 Å². The van der Waals surface area contributed by atoms with Gasteiger partial charge >= 0.3 is 5.97 Å². The SMILES string of the molecule is CCCCCCCCCCCCC(=[O+])ONCc1cccc2ccccc12. The van der Waals surface area contributed by atoms with Crippen molar-refractivity contribution in [2.45, 2.75) is 84.1 Å². The molecule has 0 unspecified atom stereocenters. The molecule has 0 aliphatic carbocycles. The first kappa shape index (κ1) is 21.4. The molecule has 0 amide bonds. The van der Waals surface area contributed by atoms with E-state index in [-0.39, 0.29) is 5.97 Å². The third-order valence-electron chi connectivity index (χ3n) is 5.06. The van der Waals surface area contributed by atoms with Gasteiger partial charge in [-0.05, 0) is 28.2 Å². The zero-order chi connectivity index (χ0) is 19.2. The number of rotatable bonds is 14. The lowest BCUT2D eigenvalue weighted by atomic mass is 10.1. The molecule has 0 atom stereocenters. The first-order valence-electron chi connectivity index (χ1n) is 10.7. The molecule has 0 aromatic heterocycles. The monoisotopic (exact) mass is 369 g/mol. The van der Waals surface area contributed by atoms with E-state index in [1.165, 1.54) is 62.1 Å². The zero-order valence-corrected chi connectivity index (χ0v) is 16.8. The summed E-state index contributed by atoms with van der Waals surface area (Å²) in [5.74, 6) is -0.158. The van der Waals surface area contributed by atoms with Crippen molar-refractivity contribution < 1.29 is 9.63 Å². The van der Waals surface area contributed by atoms with Crippen LogP contribution in [0.5, 0.6) is 0 Å². The van der Waals surface area contributed by atoms with Gasteiger partial charge in [-0.15, -0.1) is 0 Å². The molecule has 3 nitrogen and oxygen atoms in total. The lowest BCUT2D eigenvalue weighted by molar-refractivity contribution is -0.151. The highest BCUT2D eigenvalue weighted by Gasteiger charge is 2.16. The highest BCUT2D eigenvalue weighted by atomic mass is 16.7. The van der Waals surface area contributed by atoms with E-state index in [4.69, 9.17) is 4.84 Å². The molecular weight excluding hydrogens is 334 g/mol. The van der Waals surface area contributed by atoms with Crippen molar-refractivity contribution in [2.75, 3.05) is 0 Å². The van der Waals surface area contributed by atoms with Crippen molar-refractivity contribution in [3.63, 3.8) is 0 Å². The summed E-state index contributed by atoms with van der Waals surface area (Å²) in [6, 6.07) is 14.4. The van der Waals surface area contributed by atoms with Gasteiger partial charge < -0.3 is 0 Å². The van der Waals surface area contributed by atoms with Gasteiger partial charge in [-0.25, -0.2) is 0 Å². The van der Waals surface area contributed by atoms with E-state index < -0.39 is 0 Å². The summed E-state index contributed by atoms with van der Waals surface area (Å²) in [4.78, 5) is 17.0. The molecule has 27 heavy (non-hydrogen) atoms. The number of nitrogens with one attached hydrogen (secondary N) is 1.